The van der Waals surface area contributed by atoms with Crippen molar-refractivity contribution in [1.82, 2.24) is 20.2 Å². The van der Waals surface area contributed by atoms with E-state index in [1.165, 1.54) is 12.1 Å². The fraction of sp³-hybridized carbons (Fsp3) is 0.320. The molecule has 4 atom stereocenters. The molecule has 0 spiro atoms. The molecule has 0 saturated carbocycles. The van der Waals surface area contributed by atoms with Crippen LogP contribution in [0, 0.1) is 17.7 Å². The minimum Gasteiger partial charge on any atom is -0.396 e. The Morgan fingerprint density at radius 3 is 2.64 bits per heavy atom. The maximum absolute atomic E-state index is 13.3. The van der Waals surface area contributed by atoms with Crippen LogP contribution in [-0.4, -0.2) is 39.8 Å². The van der Waals surface area contributed by atoms with E-state index in [-0.39, 0.29) is 41.9 Å². The summed E-state index contributed by atoms with van der Waals surface area (Å²) in [7, 11) is 0. The van der Waals surface area contributed by atoms with E-state index in [1.54, 1.807) is 35.2 Å². The van der Waals surface area contributed by atoms with Crippen molar-refractivity contribution >= 4 is 5.91 Å². The minimum atomic E-state index is -0.484. The van der Waals surface area contributed by atoms with Gasteiger partial charge < -0.3 is 20.3 Å². The molecule has 4 heterocycles. The van der Waals surface area contributed by atoms with Crippen molar-refractivity contribution in [3.8, 4) is 11.1 Å². The first-order valence-corrected chi connectivity index (χ1v) is 11.1. The van der Waals surface area contributed by atoms with Gasteiger partial charge in [-0.15, -0.1) is 0 Å². The molecule has 2 bridgehead atoms. The highest BCUT2D eigenvalue weighted by molar-refractivity contribution is 5.80. The van der Waals surface area contributed by atoms with Gasteiger partial charge in [-0.05, 0) is 53.9 Å². The Bertz CT molecular complexity index is 1210. The Labute approximate surface area is 190 Å². The molecule has 0 aliphatic carbocycles. The van der Waals surface area contributed by atoms with Crippen LogP contribution in [0.3, 0.4) is 0 Å². The van der Waals surface area contributed by atoms with Crippen LogP contribution in [-0.2, 0) is 17.8 Å². The van der Waals surface area contributed by atoms with Gasteiger partial charge >= 0.3 is 0 Å². The quantitative estimate of drug-likeness (QED) is 0.533. The minimum absolute atomic E-state index is 0.133. The van der Waals surface area contributed by atoms with Gasteiger partial charge in [0.2, 0.25) is 5.91 Å². The van der Waals surface area contributed by atoms with Crippen LogP contribution in [0.4, 0.5) is 4.39 Å². The Kier molecular flexibility index (Phi) is 5.78. The Morgan fingerprint density at radius 2 is 1.91 bits per heavy atom. The normalized spacial score (nSPS) is 23.2. The number of amides is 1. The molecular weight excluding hydrogens is 423 g/mol. The average Bonchev–Trinajstić information content (AvgIpc) is 3.13. The van der Waals surface area contributed by atoms with Crippen LogP contribution in [0.1, 0.15) is 17.3 Å². The third kappa shape index (κ3) is 3.96. The second-order valence-corrected chi connectivity index (χ2v) is 8.61. The van der Waals surface area contributed by atoms with Gasteiger partial charge in [0, 0.05) is 55.3 Å². The summed E-state index contributed by atoms with van der Waals surface area (Å²) < 4.78 is 15.0. The molecule has 1 saturated heterocycles. The number of nitrogens with one attached hydrogen (secondary N) is 2. The summed E-state index contributed by atoms with van der Waals surface area (Å²) in [6, 6.07) is 12.7. The predicted molar refractivity (Wildman–Crippen MR) is 121 cm³/mol. The Hall–Kier alpha value is -3.36. The fourth-order valence-electron chi connectivity index (χ4n) is 5.10. The number of carbonyl (C=O) groups is 1. The Balaban J connectivity index is 1.40. The first-order chi connectivity index (χ1) is 16.1. The second kappa shape index (κ2) is 8.88. The number of benzene rings is 1. The topological polar surface area (TPSA) is 96.2 Å². The van der Waals surface area contributed by atoms with Crippen LogP contribution in [0.25, 0.3) is 11.1 Å². The first-order valence-electron chi connectivity index (χ1n) is 11.1. The lowest BCUT2D eigenvalue weighted by Gasteiger charge is -2.28. The van der Waals surface area contributed by atoms with Crippen LogP contribution in [0.5, 0.6) is 0 Å². The molecule has 5 rings (SSSR count). The van der Waals surface area contributed by atoms with E-state index >= 15 is 0 Å². The van der Waals surface area contributed by atoms with E-state index in [0.717, 1.165) is 11.3 Å². The number of hydrogen-bond donors (Lipinski definition) is 3. The van der Waals surface area contributed by atoms with Crippen molar-refractivity contribution in [2.24, 2.45) is 11.8 Å². The number of aromatic nitrogens is 2. The summed E-state index contributed by atoms with van der Waals surface area (Å²) in [4.78, 5) is 30.5. The van der Waals surface area contributed by atoms with Crippen LogP contribution in [0.2, 0.25) is 0 Å². The zero-order chi connectivity index (χ0) is 22.9. The molecule has 7 nitrogen and oxygen atoms in total. The summed E-state index contributed by atoms with van der Waals surface area (Å²) in [6.07, 6.45) is 4.12. The molecule has 2 aromatic heterocycles. The van der Waals surface area contributed by atoms with Crippen molar-refractivity contribution in [3.05, 3.63) is 88.4 Å². The first kappa shape index (κ1) is 21.5. The molecule has 2 aliphatic rings. The SMILES string of the molecule is O=C(NCCc1ccncc1)[C@H]1[C@H](CO)[C@H]2Cn3c(ccc(-c4ccc(F)cc4)c3=O)[C@@H]1N2. The second-order valence-electron chi connectivity index (χ2n) is 8.61. The number of nitrogens with zero attached hydrogens (tertiary/aromatic N) is 2. The van der Waals surface area contributed by atoms with Gasteiger partial charge in [0.05, 0.1) is 12.0 Å². The highest BCUT2D eigenvalue weighted by Crippen LogP contribution is 2.41. The molecule has 0 unspecified atom stereocenters. The van der Waals surface area contributed by atoms with E-state index in [0.29, 0.717) is 30.6 Å². The molecule has 0 radical (unpaired) electrons. The number of carbonyl (C=O) groups excluding carboxylic acids is 1. The third-order valence-electron chi connectivity index (χ3n) is 6.77. The van der Waals surface area contributed by atoms with Gasteiger partial charge in [0.1, 0.15) is 5.82 Å². The van der Waals surface area contributed by atoms with Crippen molar-refractivity contribution < 1.29 is 14.3 Å². The van der Waals surface area contributed by atoms with Crippen molar-refractivity contribution in [2.45, 2.75) is 25.0 Å². The number of aliphatic hydroxyl groups excluding tert-OH is 1. The van der Waals surface area contributed by atoms with Crippen molar-refractivity contribution in [2.75, 3.05) is 13.2 Å². The summed E-state index contributed by atoms with van der Waals surface area (Å²) in [6.45, 7) is 0.696. The maximum Gasteiger partial charge on any atom is 0.258 e. The van der Waals surface area contributed by atoms with E-state index < -0.39 is 5.92 Å². The van der Waals surface area contributed by atoms with Crippen molar-refractivity contribution in [1.29, 1.82) is 0 Å². The van der Waals surface area contributed by atoms with Gasteiger partial charge in [0.15, 0.2) is 0 Å². The summed E-state index contributed by atoms with van der Waals surface area (Å²) in [5.74, 6) is -1.28. The number of hydrogen-bond acceptors (Lipinski definition) is 5. The maximum atomic E-state index is 13.3. The number of aliphatic hydroxyl groups is 1. The van der Waals surface area contributed by atoms with Gasteiger partial charge in [-0.25, -0.2) is 4.39 Å². The van der Waals surface area contributed by atoms with E-state index in [9.17, 15) is 19.1 Å². The molecule has 3 aromatic rings. The molecule has 170 valence electrons. The van der Waals surface area contributed by atoms with E-state index in [4.69, 9.17) is 0 Å². The third-order valence-corrected chi connectivity index (χ3v) is 6.77. The number of fused-ring (bicyclic) bond motifs is 4. The zero-order valence-electron chi connectivity index (χ0n) is 17.9. The van der Waals surface area contributed by atoms with E-state index in [2.05, 4.69) is 15.6 Å². The Morgan fingerprint density at radius 1 is 1.15 bits per heavy atom. The molecule has 8 heteroatoms. The predicted octanol–water partition coefficient (Wildman–Crippen LogP) is 1.66. The highest BCUT2D eigenvalue weighted by Gasteiger charge is 2.50. The molecule has 2 aliphatic heterocycles. The smallest absolute Gasteiger partial charge is 0.258 e. The van der Waals surface area contributed by atoms with E-state index in [1.807, 2.05) is 18.2 Å². The van der Waals surface area contributed by atoms with Gasteiger partial charge in [-0.1, -0.05) is 12.1 Å². The van der Waals surface area contributed by atoms with Gasteiger partial charge in [-0.3, -0.25) is 14.6 Å². The summed E-state index contributed by atoms with van der Waals surface area (Å²) in [5.41, 5.74) is 2.77. The molecular formula is C25H25FN4O3. The lowest BCUT2D eigenvalue weighted by molar-refractivity contribution is -0.127. The van der Waals surface area contributed by atoms with Crippen LogP contribution in [0.15, 0.2) is 65.7 Å². The average molecular weight is 448 g/mol. The van der Waals surface area contributed by atoms with Gasteiger partial charge in [-0.2, -0.15) is 0 Å². The molecule has 1 fully saturated rings. The highest BCUT2D eigenvalue weighted by atomic mass is 19.1. The summed E-state index contributed by atoms with van der Waals surface area (Å²) in [5, 5.41) is 16.5. The van der Waals surface area contributed by atoms with Crippen molar-refractivity contribution in [3.63, 3.8) is 0 Å². The monoisotopic (exact) mass is 448 g/mol. The molecule has 33 heavy (non-hydrogen) atoms. The number of halogens is 1. The lowest BCUT2D eigenvalue weighted by atomic mass is 9.86. The lowest BCUT2D eigenvalue weighted by Crippen LogP contribution is -2.43. The molecule has 3 N–H and O–H groups in total. The number of pyridine rings is 2. The van der Waals surface area contributed by atoms with Crippen LogP contribution < -0.4 is 16.2 Å². The zero-order valence-corrected chi connectivity index (χ0v) is 17.9. The molecule has 1 amide bonds. The molecule has 1 aromatic carbocycles. The van der Waals surface area contributed by atoms with Crippen LogP contribution >= 0.6 is 0 Å². The standard InChI is InChI=1S/C25H25FN4O3/c26-17-3-1-16(2-4-17)18-5-6-21-23-22(19(14-31)20(29-23)13-30(21)25(18)33)24(32)28-12-9-15-7-10-27-11-8-15/h1-8,10-11,19-20,22-23,29,31H,9,12-14H2,(H,28,32)/t19-,20-,22+,23+/m1/s1. The summed E-state index contributed by atoms with van der Waals surface area (Å²) >= 11 is 0. The fourth-order valence-corrected chi connectivity index (χ4v) is 5.10. The largest absolute Gasteiger partial charge is 0.396 e. The van der Waals surface area contributed by atoms with Gasteiger partial charge in [0.25, 0.3) is 5.56 Å². The number of rotatable bonds is 6.